The lowest BCUT2D eigenvalue weighted by Gasteiger charge is -2.25. The third-order valence-electron chi connectivity index (χ3n) is 6.35. The number of H-pyrrole nitrogens is 1. The number of ketones is 1. The Balaban J connectivity index is 1.56. The van der Waals surface area contributed by atoms with Crippen molar-refractivity contribution in [3.05, 3.63) is 112 Å². The molecule has 2 heterocycles. The molecule has 2 N–H and O–H groups in total. The molecule has 0 saturated carbocycles. The van der Waals surface area contributed by atoms with Gasteiger partial charge in [-0.25, -0.2) is 0 Å². The van der Waals surface area contributed by atoms with E-state index >= 15 is 0 Å². The largest absolute Gasteiger partial charge is 0.507 e. The van der Waals surface area contributed by atoms with Gasteiger partial charge in [-0.1, -0.05) is 59.6 Å². The lowest BCUT2D eigenvalue weighted by molar-refractivity contribution is -0.139. The topological polar surface area (TPSA) is 73.4 Å². The van der Waals surface area contributed by atoms with Crippen molar-refractivity contribution in [2.75, 3.05) is 6.54 Å². The summed E-state index contributed by atoms with van der Waals surface area (Å²) in [6.45, 7) is 2.31. The highest BCUT2D eigenvalue weighted by atomic mass is 35.5. The summed E-state index contributed by atoms with van der Waals surface area (Å²) < 4.78 is 0. The number of halogens is 1. The van der Waals surface area contributed by atoms with Gasteiger partial charge < -0.3 is 15.0 Å². The van der Waals surface area contributed by atoms with Crippen LogP contribution in [0.5, 0.6) is 0 Å². The van der Waals surface area contributed by atoms with E-state index in [4.69, 9.17) is 11.6 Å². The number of likely N-dealkylation sites (tertiary alicyclic amines) is 1. The van der Waals surface area contributed by atoms with Gasteiger partial charge in [0.2, 0.25) is 0 Å². The zero-order chi connectivity index (χ0) is 23.8. The van der Waals surface area contributed by atoms with E-state index in [1.54, 1.807) is 29.2 Å². The molecule has 5 rings (SSSR count). The van der Waals surface area contributed by atoms with E-state index in [1.165, 1.54) is 0 Å². The van der Waals surface area contributed by atoms with E-state index < -0.39 is 17.7 Å². The number of fused-ring (bicyclic) bond motifs is 1. The van der Waals surface area contributed by atoms with Crippen LogP contribution >= 0.6 is 11.6 Å². The van der Waals surface area contributed by atoms with E-state index in [0.29, 0.717) is 23.6 Å². The van der Waals surface area contributed by atoms with Crippen LogP contribution in [-0.4, -0.2) is 33.2 Å². The van der Waals surface area contributed by atoms with Gasteiger partial charge in [-0.05, 0) is 54.8 Å². The SMILES string of the molecule is Cc1ccc([C@H]2C(=C(O)c3ccc(Cl)cc3)C(=O)C(=O)N2CCc2c[nH]c3ccccc23)cc1. The number of carbonyl (C=O) groups excluding carboxylic acids is 2. The molecule has 34 heavy (non-hydrogen) atoms. The first-order valence-electron chi connectivity index (χ1n) is 11.1. The van der Waals surface area contributed by atoms with Crippen LogP contribution in [0.1, 0.15) is 28.3 Å². The molecule has 5 nitrogen and oxygen atoms in total. The number of amides is 1. The Labute approximate surface area is 202 Å². The molecular weight excluding hydrogens is 448 g/mol. The molecular formula is C28H23ClN2O3. The summed E-state index contributed by atoms with van der Waals surface area (Å²) in [5.74, 6) is -1.49. The van der Waals surface area contributed by atoms with Crippen LogP contribution in [0.25, 0.3) is 16.7 Å². The fourth-order valence-corrected chi connectivity index (χ4v) is 4.67. The van der Waals surface area contributed by atoms with Crippen molar-refractivity contribution in [1.82, 2.24) is 9.88 Å². The number of nitrogens with one attached hydrogen (secondary N) is 1. The van der Waals surface area contributed by atoms with Crippen LogP contribution in [0.15, 0.2) is 84.6 Å². The summed E-state index contributed by atoms with van der Waals surface area (Å²) in [6, 6.07) is 21.6. The molecule has 1 aliphatic rings. The van der Waals surface area contributed by atoms with Crippen LogP contribution in [0.2, 0.25) is 5.02 Å². The molecule has 1 saturated heterocycles. The predicted octanol–water partition coefficient (Wildman–Crippen LogP) is 5.79. The van der Waals surface area contributed by atoms with Crippen LogP contribution < -0.4 is 0 Å². The van der Waals surface area contributed by atoms with E-state index in [9.17, 15) is 14.7 Å². The van der Waals surface area contributed by atoms with Gasteiger partial charge in [0, 0.05) is 34.2 Å². The van der Waals surface area contributed by atoms with Gasteiger partial charge in [0.05, 0.1) is 11.6 Å². The molecule has 1 aliphatic heterocycles. The Morgan fingerprint density at radius 2 is 1.71 bits per heavy atom. The van der Waals surface area contributed by atoms with Gasteiger partial charge in [0.15, 0.2) is 0 Å². The Bertz CT molecular complexity index is 1420. The highest BCUT2D eigenvalue weighted by molar-refractivity contribution is 6.46. The number of para-hydroxylation sites is 1. The first kappa shape index (κ1) is 22.0. The highest BCUT2D eigenvalue weighted by Gasteiger charge is 2.45. The average Bonchev–Trinajstić information content (AvgIpc) is 3.37. The molecule has 0 radical (unpaired) electrons. The van der Waals surface area contributed by atoms with Crippen molar-refractivity contribution in [2.24, 2.45) is 0 Å². The lowest BCUT2D eigenvalue weighted by atomic mass is 9.94. The zero-order valence-corrected chi connectivity index (χ0v) is 19.3. The quantitative estimate of drug-likeness (QED) is 0.220. The van der Waals surface area contributed by atoms with E-state index in [2.05, 4.69) is 4.98 Å². The van der Waals surface area contributed by atoms with Crippen molar-refractivity contribution in [2.45, 2.75) is 19.4 Å². The number of aliphatic hydroxyl groups is 1. The Morgan fingerprint density at radius 1 is 1.00 bits per heavy atom. The summed E-state index contributed by atoms with van der Waals surface area (Å²) in [4.78, 5) is 31.2. The molecule has 1 atom stereocenters. The molecule has 0 aliphatic carbocycles. The number of carbonyl (C=O) groups is 2. The molecule has 170 valence electrons. The molecule has 0 spiro atoms. The minimum absolute atomic E-state index is 0.0927. The summed E-state index contributed by atoms with van der Waals surface area (Å²) in [5.41, 5.74) is 4.47. The highest BCUT2D eigenvalue weighted by Crippen LogP contribution is 2.39. The number of aromatic nitrogens is 1. The summed E-state index contributed by atoms with van der Waals surface area (Å²) in [6.07, 6.45) is 2.51. The average molecular weight is 471 g/mol. The maximum absolute atomic E-state index is 13.2. The number of Topliss-reactive ketones (excluding diaryl/α,β-unsaturated/α-hetero) is 1. The smallest absolute Gasteiger partial charge is 0.295 e. The maximum atomic E-state index is 13.2. The van der Waals surface area contributed by atoms with Crippen LogP contribution in [0, 0.1) is 6.92 Å². The van der Waals surface area contributed by atoms with E-state index in [1.807, 2.05) is 61.7 Å². The van der Waals surface area contributed by atoms with Crippen molar-refractivity contribution >= 4 is 40.0 Å². The van der Waals surface area contributed by atoms with Crippen molar-refractivity contribution in [3.63, 3.8) is 0 Å². The predicted molar refractivity (Wildman–Crippen MR) is 134 cm³/mol. The number of nitrogens with zero attached hydrogens (tertiary/aromatic N) is 1. The molecule has 0 unspecified atom stereocenters. The van der Waals surface area contributed by atoms with Gasteiger partial charge in [0.1, 0.15) is 5.76 Å². The fourth-order valence-electron chi connectivity index (χ4n) is 4.55. The summed E-state index contributed by atoms with van der Waals surface area (Å²) >= 11 is 5.99. The maximum Gasteiger partial charge on any atom is 0.295 e. The van der Waals surface area contributed by atoms with Gasteiger partial charge >= 0.3 is 0 Å². The van der Waals surface area contributed by atoms with Crippen molar-refractivity contribution in [3.8, 4) is 0 Å². The van der Waals surface area contributed by atoms with E-state index in [-0.39, 0.29) is 11.3 Å². The van der Waals surface area contributed by atoms with Gasteiger partial charge in [-0.2, -0.15) is 0 Å². The lowest BCUT2D eigenvalue weighted by Crippen LogP contribution is -2.31. The van der Waals surface area contributed by atoms with Gasteiger partial charge in [-0.15, -0.1) is 0 Å². The monoisotopic (exact) mass is 470 g/mol. The molecule has 1 fully saturated rings. The van der Waals surface area contributed by atoms with Gasteiger partial charge in [0.25, 0.3) is 11.7 Å². The second kappa shape index (κ2) is 8.84. The van der Waals surface area contributed by atoms with Crippen LogP contribution in [0.4, 0.5) is 0 Å². The number of rotatable bonds is 5. The first-order chi connectivity index (χ1) is 16.4. The van der Waals surface area contributed by atoms with Crippen LogP contribution in [0.3, 0.4) is 0 Å². The molecule has 3 aromatic carbocycles. The molecule has 1 amide bonds. The standard InChI is InChI=1S/C28H23ClN2O3/c1-17-6-8-18(9-7-17)25-24(26(32)19-10-12-21(29)13-11-19)27(33)28(34)31(25)15-14-20-16-30-23-5-3-2-4-22(20)23/h2-13,16,25,30,32H,14-15H2,1H3/t25-/m0/s1. The summed E-state index contributed by atoms with van der Waals surface area (Å²) in [5, 5.41) is 12.7. The van der Waals surface area contributed by atoms with E-state index in [0.717, 1.165) is 27.6 Å². The third-order valence-corrected chi connectivity index (χ3v) is 6.60. The summed E-state index contributed by atoms with van der Waals surface area (Å²) in [7, 11) is 0. The van der Waals surface area contributed by atoms with Crippen molar-refractivity contribution in [1.29, 1.82) is 0 Å². The normalized spacial score (nSPS) is 17.6. The van der Waals surface area contributed by atoms with Crippen LogP contribution in [-0.2, 0) is 16.0 Å². The Hall–Kier alpha value is -3.83. The molecule has 0 bridgehead atoms. The number of hydrogen-bond donors (Lipinski definition) is 2. The second-order valence-electron chi connectivity index (χ2n) is 8.52. The Morgan fingerprint density at radius 3 is 2.44 bits per heavy atom. The second-order valence-corrected chi connectivity index (χ2v) is 8.96. The van der Waals surface area contributed by atoms with Gasteiger partial charge in [-0.3, -0.25) is 9.59 Å². The molecule has 1 aromatic heterocycles. The number of aliphatic hydroxyl groups excluding tert-OH is 1. The number of aryl methyl sites for hydroxylation is 1. The Kier molecular flexibility index (Phi) is 5.72. The molecule has 6 heteroatoms. The number of hydrogen-bond acceptors (Lipinski definition) is 3. The fraction of sp³-hybridized carbons (Fsp3) is 0.143. The minimum atomic E-state index is -0.683. The zero-order valence-electron chi connectivity index (χ0n) is 18.6. The first-order valence-corrected chi connectivity index (χ1v) is 11.5. The minimum Gasteiger partial charge on any atom is -0.507 e. The number of aromatic amines is 1. The third kappa shape index (κ3) is 3.88. The molecule has 4 aromatic rings. The van der Waals surface area contributed by atoms with Crippen molar-refractivity contribution < 1.29 is 14.7 Å². The number of benzene rings is 3.